The number of benzene rings is 3. The van der Waals surface area contributed by atoms with Gasteiger partial charge in [0.25, 0.3) is 5.91 Å². The minimum atomic E-state index is -0.242. The molecule has 0 aliphatic heterocycles. The number of thiocarbonyl (C=S) groups is 1. The molecule has 4 rings (SSSR count). The van der Waals surface area contributed by atoms with Gasteiger partial charge in [-0.3, -0.25) is 10.1 Å². The van der Waals surface area contributed by atoms with Crippen LogP contribution in [0.2, 0.25) is 0 Å². The Hall–Kier alpha value is -2.36. The van der Waals surface area contributed by atoms with Gasteiger partial charge in [-0.05, 0) is 77.3 Å². The third kappa shape index (κ3) is 4.21. The molecule has 1 amide bonds. The van der Waals surface area contributed by atoms with Crippen molar-refractivity contribution in [2.24, 2.45) is 0 Å². The Kier molecular flexibility index (Phi) is 5.65. The first-order valence-corrected chi connectivity index (χ1v) is 10.7. The highest BCUT2D eigenvalue weighted by Crippen LogP contribution is 2.34. The normalized spacial score (nSPS) is 10.6. The van der Waals surface area contributed by atoms with Crippen LogP contribution in [0, 0.1) is 3.57 Å². The number of nitrogens with zero attached hydrogens (tertiary/aromatic N) is 1. The number of aromatic nitrogens is 1. The molecular formula is C21H14IN3OS2. The Balaban J connectivity index is 1.55. The Morgan fingerprint density at radius 3 is 2.61 bits per heavy atom. The Morgan fingerprint density at radius 2 is 1.79 bits per heavy atom. The number of amides is 1. The summed E-state index contributed by atoms with van der Waals surface area (Å²) in [5, 5.41) is 7.02. The van der Waals surface area contributed by atoms with Crippen LogP contribution < -0.4 is 10.6 Å². The maximum Gasteiger partial charge on any atom is 0.257 e. The quantitative estimate of drug-likeness (QED) is 0.272. The van der Waals surface area contributed by atoms with Crippen molar-refractivity contribution in [1.29, 1.82) is 0 Å². The van der Waals surface area contributed by atoms with Crippen LogP contribution in [0.25, 0.3) is 20.8 Å². The molecule has 0 saturated carbocycles. The van der Waals surface area contributed by atoms with Crippen LogP contribution in [0.4, 0.5) is 5.69 Å². The molecule has 4 aromatic rings. The van der Waals surface area contributed by atoms with E-state index in [-0.39, 0.29) is 11.0 Å². The van der Waals surface area contributed by atoms with Gasteiger partial charge in [0.2, 0.25) is 0 Å². The molecule has 4 nitrogen and oxygen atoms in total. The van der Waals surface area contributed by atoms with E-state index in [1.54, 1.807) is 17.4 Å². The van der Waals surface area contributed by atoms with Crippen molar-refractivity contribution in [2.45, 2.75) is 0 Å². The number of para-hydroxylation sites is 2. The summed E-state index contributed by atoms with van der Waals surface area (Å²) in [4.78, 5) is 17.1. The third-order valence-corrected chi connectivity index (χ3v) is 5.96. The molecule has 0 fully saturated rings. The van der Waals surface area contributed by atoms with E-state index in [1.165, 1.54) is 0 Å². The lowest BCUT2D eigenvalue weighted by molar-refractivity contribution is 0.0977. The molecule has 1 heterocycles. The number of fused-ring (bicyclic) bond motifs is 1. The van der Waals surface area contributed by atoms with Gasteiger partial charge in [-0.2, -0.15) is 0 Å². The first-order chi connectivity index (χ1) is 13.6. The SMILES string of the molecule is O=C(NC(=S)Nc1ccccc1-c1nc2ccccc2s1)c1cccc(I)c1. The van der Waals surface area contributed by atoms with Gasteiger partial charge in [0.1, 0.15) is 5.01 Å². The minimum Gasteiger partial charge on any atom is -0.332 e. The topological polar surface area (TPSA) is 54.0 Å². The van der Waals surface area contributed by atoms with Crippen LogP contribution in [0.3, 0.4) is 0 Å². The number of hydrogen-bond acceptors (Lipinski definition) is 4. The van der Waals surface area contributed by atoms with E-state index in [2.05, 4.69) is 39.3 Å². The van der Waals surface area contributed by atoms with Gasteiger partial charge in [-0.15, -0.1) is 11.3 Å². The second kappa shape index (κ2) is 8.34. The summed E-state index contributed by atoms with van der Waals surface area (Å²) in [5.74, 6) is -0.242. The van der Waals surface area contributed by atoms with Crippen molar-refractivity contribution in [3.8, 4) is 10.6 Å². The third-order valence-electron chi connectivity index (χ3n) is 4.01. The molecule has 0 radical (unpaired) electrons. The van der Waals surface area contributed by atoms with E-state index in [0.29, 0.717) is 5.56 Å². The second-order valence-corrected chi connectivity index (χ2v) is 8.64. The number of hydrogen-bond donors (Lipinski definition) is 2. The average Bonchev–Trinajstić information content (AvgIpc) is 3.12. The number of nitrogens with one attached hydrogen (secondary N) is 2. The molecule has 1 aromatic heterocycles. The van der Waals surface area contributed by atoms with Gasteiger partial charge < -0.3 is 5.32 Å². The summed E-state index contributed by atoms with van der Waals surface area (Å²) in [7, 11) is 0. The fourth-order valence-corrected chi connectivity index (χ4v) is 4.48. The molecule has 7 heteroatoms. The van der Waals surface area contributed by atoms with Crippen LogP contribution in [-0.4, -0.2) is 16.0 Å². The maximum atomic E-state index is 12.4. The van der Waals surface area contributed by atoms with E-state index in [9.17, 15) is 4.79 Å². The van der Waals surface area contributed by atoms with Gasteiger partial charge in [-0.25, -0.2) is 4.98 Å². The highest BCUT2D eigenvalue weighted by molar-refractivity contribution is 14.1. The van der Waals surface area contributed by atoms with Gasteiger partial charge >= 0.3 is 0 Å². The van der Waals surface area contributed by atoms with Crippen molar-refractivity contribution in [2.75, 3.05) is 5.32 Å². The molecule has 138 valence electrons. The van der Waals surface area contributed by atoms with Crippen LogP contribution >= 0.6 is 46.1 Å². The summed E-state index contributed by atoms with van der Waals surface area (Å²) >= 11 is 9.15. The van der Waals surface area contributed by atoms with E-state index < -0.39 is 0 Å². The Labute approximate surface area is 185 Å². The van der Waals surface area contributed by atoms with E-state index in [0.717, 1.165) is 30.0 Å². The summed E-state index contributed by atoms with van der Waals surface area (Å²) < 4.78 is 2.12. The lowest BCUT2D eigenvalue weighted by Gasteiger charge is -2.12. The molecule has 3 aromatic carbocycles. The number of carbonyl (C=O) groups excluding carboxylic acids is 1. The number of anilines is 1. The fraction of sp³-hybridized carbons (Fsp3) is 0. The highest BCUT2D eigenvalue weighted by atomic mass is 127. The van der Waals surface area contributed by atoms with Crippen LogP contribution in [0.1, 0.15) is 10.4 Å². The minimum absolute atomic E-state index is 0.242. The number of rotatable bonds is 3. The molecular weight excluding hydrogens is 501 g/mol. The monoisotopic (exact) mass is 515 g/mol. The maximum absolute atomic E-state index is 12.4. The van der Waals surface area contributed by atoms with Crippen molar-refractivity contribution in [3.63, 3.8) is 0 Å². The molecule has 0 bridgehead atoms. The Bertz CT molecular complexity index is 1160. The second-order valence-electron chi connectivity index (χ2n) is 5.95. The largest absolute Gasteiger partial charge is 0.332 e. The molecule has 0 spiro atoms. The van der Waals surface area contributed by atoms with E-state index in [1.807, 2.05) is 60.7 Å². The van der Waals surface area contributed by atoms with Crippen LogP contribution in [0.15, 0.2) is 72.8 Å². The van der Waals surface area contributed by atoms with Crippen LogP contribution in [-0.2, 0) is 0 Å². The molecule has 0 atom stereocenters. The molecule has 2 N–H and O–H groups in total. The zero-order valence-electron chi connectivity index (χ0n) is 14.5. The first-order valence-electron chi connectivity index (χ1n) is 8.43. The molecule has 0 unspecified atom stereocenters. The van der Waals surface area contributed by atoms with E-state index >= 15 is 0 Å². The summed E-state index contributed by atoms with van der Waals surface area (Å²) in [6.45, 7) is 0. The molecule has 0 aliphatic carbocycles. The van der Waals surface area contributed by atoms with E-state index in [4.69, 9.17) is 17.2 Å². The Morgan fingerprint density at radius 1 is 1.00 bits per heavy atom. The summed E-state index contributed by atoms with van der Waals surface area (Å²) in [6, 6.07) is 23.2. The predicted octanol–water partition coefficient (Wildman–Crippen LogP) is 5.69. The van der Waals surface area contributed by atoms with Gasteiger partial charge in [-0.1, -0.05) is 30.3 Å². The zero-order chi connectivity index (χ0) is 19.5. The molecule has 0 aliphatic rings. The number of thiazole rings is 1. The van der Waals surface area contributed by atoms with Crippen molar-refractivity contribution < 1.29 is 4.79 Å². The standard InChI is InChI=1S/C21H14IN3OS2/c22-14-7-5-6-13(12-14)19(26)25-21(27)24-16-9-2-1-8-15(16)20-23-17-10-3-4-11-18(17)28-20/h1-12H,(H2,24,25,26,27). The van der Waals surface area contributed by atoms with Crippen LogP contribution in [0.5, 0.6) is 0 Å². The van der Waals surface area contributed by atoms with Gasteiger partial charge in [0.15, 0.2) is 5.11 Å². The molecule has 0 saturated heterocycles. The smallest absolute Gasteiger partial charge is 0.257 e. The lowest BCUT2D eigenvalue weighted by Crippen LogP contribution is -2.34. The van der Waals surface area contributed by atoms with Crippen molar-refractivity contribution in [1.82, 2.24) is 10.3 Å². The summed E-state index contributed by atoms with van der Waals surface area (Å²) in [5.41, 5.74) is 3.27. The number of halogens is 1. The van der Waals surface area contributed by atoms with Crippen molar-refractivity contribution in [3.05, 3.63) is 81.9 Å². The van der Waals surface area contributed by atoms with Gasteiger partial charge in [0.05, 0.1) is 15.9 Å². The summed E-state index contributed by atoms with van der Waals surface area (Å²) in [6.07, 6.45) is 0. The first kappa shape index (κ1) is 19.0. The van der Waals surface area contributed by atoms with Crippen molar-refractivity contribution >= 4 is 73.1 Å². The number of carbonyl (C=O) groups is 1. The predicted molar refractivity (Wildman–Crippen MR) is 128 cm³/mol. The van der Waals surface area contributed by atoms with Gasteiger partial charge in [0, 0.05) is 14.7 Å². The highest BCUT2D eigenvalue weighted by Gasteiger charge is 2.13. The lowest BCUT2D eigenvalue weighted by atomic mass is 10.2. The average molecular weight is 515 g/mol. The molecule has 28 heavy (non-hydrogen) atoms. The fourth-order valence-electron chi connectivity index (χ4n) is 2.72. The zero-order valence-corrected chi connectivity index (χ0v) is 18.3.